The van der Waals surface area contributed by atoms with Crippen LogP contribution in [0.25, 0.3) is 28.1 Å². The number of nitrogens with zero attached hydrogens (tertiary/aromatic N) is 3. The second-order valence-electron chi connectivity index (χ2n) is 5.08. The normalized spacial score (nSPS) is 11.4. The van der Waals surface area contributed by atoms with Gasteiger partial charge >= 0.3 is 0 Å². The summed E-state index contributed by atoms with van der Waals surface area (Å²) >= 11 is 3.42. The summed E-state index contributed by atoms with van der Waals surface area (Å²) in [5.74, 6) is 0.512. The lowest BCUT2D eigenvalue weighted by atomic mass is 10.1. The smallest absolute Gasteiger partial charge is 0.198 e. The molecule has 0 fully saturated rings. The van der Waals surface area contributed by atoms with Crippen LogP contribution in [0.1, 0.15) is 5.56 Å². The van der Waals surface area contributed by atoms with Gasteiger partial charge in [-0.1, -0.05) is 28.1 Å². The lowest BCUT2D eigenvalue weighted by molar-refractivity contribution is 0.959. The standard InChI is InChI=1S/C16H11BrN4O/c1-9-14(18-12-5-3-2-4-11(12)15(9)22)16-19-13-8-10(17)6-7-21(13)20-16/h2-8H,1H3,(H,18,22). The van der Waals surface area contributed by atoms with Crippen molar-refractivity contribution in [3.05, 3.63) is 62.9 Å². The predicted octanol–water partition coefficient (Wildman–Crippen LogP) is 3.31. The van der Waals surface area contributed by atoms with Crippen molar-refractivity contribution in [2.75, 3.05) is 0 Å². The molecule has 0 amide bonds. The first-order chi connectivity index (χ1) is 10.6. The highest BCUT2D eigenvalue weighted by Gasteiger charge is 2.14. The average Bonchev–Trinajstić information content (AvgIpc) is 2.93. The number of H-pyrrole nitrogens is 1. The molecule has 0 saturated carbocycles. The van der Waals surface area contributed by atoms with Crippen molar-refractivity contribution in [3.63, 3.8) is 0 Å². The SMILES string of the molecule is Cc1c(-c2nc3cc(Br)ccn3n2)[nH]c2ccccc2c1=O. The van der Waals surface area contributed by atoms with Crippen LogP contribution in [0.2, 0.25) is 0 Å². The molecule has 0 aliphatic carbocycles. The van der Waals surface area contributed by atoms with Gasteiger partial charge in [0.1, 0.15) is 0 Å². The number of hydrogen-bond acceptors (Lipinski definition) is 3. The van der Waals surface area contributed by atoms with Crippen LogP contribution in [0.5, 0.6) is 0 Å². The lowest BCUT2D eigenvalue weighted by Gasteiger charge is -2.04. The molecule has 6 heteroatoms. The van der Waals surface area contributed by atoms with Crippen LogP contribution in [0.3, 0.4) is 0 Å². The second-order valence-corrected chi connectivity index (χ2v) is 6.00. The Bertz CT molecular complexity index is 1080. The van der Waals surface area contributed by atoms with Crippen LogP contribution in [0.4, 0.5) is 0 Å². The first kappa shape index (κ1) is 13.2. The molecule has 0 spiro atoms. The Labute approximate surface area is 133 Å². The molecule has 3 heterocycles. The average molecular weight is 355 g/mol. The Morgan fingerprint density at radius 1 is 1.23 bits per heavy atom. The van der Waals surface area contributed by atoms with Crippen molar-refractivity contribution in [1.29, 1.82) is 0 Å². The minimum absolute atomic E-state index is 0.00406. The van der Waals surface area contributed by atoms with Gasteiger partial charge in [-0.25, -0.2) is 9.50 Å². The first-order valence-corrected chi connectivity index (χ1v) is 7.57. The van der Waals surface area contributed by atoms with E-state index in [0.717, 1.165) is 15.6 Å². The molecule has 1 N–H and O–H groups in total. The number of pyridine rings is 2. The molecule has 1 aromatic carbocycles. The van der Waals surface area contributed by atoms with E-state index in [1.165, 1.54) is 0 Å². The first-order valence-electron chi connectivity index (χ1n) is 6.77. The molecule has 0 unspecified atom stereocenters. The van der Waals surface area contributed by atoms with Crippen LogP contribution in [-0.2, 0) is 0 Å². The summed E-state index contributed by atoms with van der Waals surface area (Å²) in [6, 6.07) is 11.2. The summed E-state index contributed by atoms with van der Waals surface area (Å²) in [7, 11) is 0. The zero-order valence-electron chi connectivity index (χ0n) is 11.7. The van der Waals surface area contributed by atoms with Gasteiger partial charge < -0.3 is 4.98 Å². The molecule has 22 heavy (non-hydrogen) atoms. The number of rotatable bonds is 1. The van der Waals surface area contributed by atoms with Crippen LogP contribution in [0, 0.1) is 6.92 Å². The molecular weight excluding hydrogens is 344 g/mol. The Morgan fingerprint density at radius 3 is 2.91 bits per heavy atom. The molecule has 0 bridgehead atoms. The minimum atomic E-state index is 0.00406. The third-order valence-corrected chi connectivity index (χ3v) is 4.16. The van der Waals surface area contributed by atoms with Gasteiger partial charge in [0.15, 0.2) is 16.9 Å². The van der Waals surface area contributed by atoms with E-state index in [1.807, 2.05) is 42.6 Å². The fraction of sp³-hybridized carbons (Fsp3) is 0.0625. The maximum absolute atomic E-state index is 12.5. The van der Waals surface area contributed by atoms with Crippen molar-refractivity contribution in [2.24, 2.45) is 0 Å². The highest BCUT2D eigenvalue weighted by molar-refractivity contribution is 9.10. The lowest BCUT2D eigenvalue weighted by Crippen LogP contribution is -2.09. The van der Waals surface area contributed by atoms with Crippen molar-refractivity contribution < 1.29 is 0 Å². The number of hydrogen-bond donors (Lipinski definition) is 1. The highest BCUT2D eigenvalue weighted by atomic mass is 79.9. The quantitative estimate of drug-likeness (QED) is 0.570. The Balaban J connectivity index is 2.03. The number of benzene rings is 1. The van der Waals surface area contributed by atoms with E-state index in [4.69, 9.17) is 0 Å². The minimum Gasteiger partial charge on any atom is -0.351 e. The Morgan fingerprint density at radius 2 is 2.05 bits per heavy atom. The largest absolute Gasteiger partial charge is 0.351 e. The number of para-hydroxylation sites is 1. The fourth-order valence-corrected chi connectivity index (χ4v) is 2.84. The third kappa shape index (κ3) is 1.95. The molecule has 5 nitrogen and oxygen atoms in total. The van der Waals surface area contributed by atoms with Gasteiger partial charge in [-0.05, 0) is 31.2 Å². The Hall–Kier alpha value is -2.47. The molecule has 0 aliphatic rings. The zero-order chi connectivity index (χ0) is 15.3. The van der Waals surface area contributed by atoms with Crippen LogP contribution in [-0.4, -0.2) is 19.6 Å². The van der Waals surface area contributed by atoms with Gasteiger partial charge in [0.2, 0.25) is 0 Å². The maximum Gasteiger partial charge on any atom is 0.198 e. The number of halogens is 1. The van der Waals surface area contributed by atoms with Crippen molar-refractivity contribution in [3.8, 4) is 11.5 Å². The van der Waals surface area contributed by atoms with Crippen molar-refractivity contribution in [2.45, 2.75) is 6.92 Å². The molecule has 0 aliphatic heterocycles. The fourth-order valence-electron chi connectivity index (χ4n) is 2.52. The third-order valence-electron chi connectivity index (χ3n) is 3.67. The van der Waals surface area contributed by atoms with E-state index in [-0.39, 0.29) is 5.43 Å². The van der Waals surface area contributed by atoms with Crippen molar-refractivity contribution >= 4 is 32.5 Å². The molecule has 0 radical (unpaired) electrons. The van der Waals surface area contributed by atoms with Crippen LogP contribution >= 0.6 is 15.9 Å². The predicted molar refractivity (Wildman–Crippen MR) is 89.0 cm³/mol. The summed E-state index contributed by atoms with van der Waals surface area (Å²) < 4.78 is 2.62. The second kappa shape index (κ2) is 4.78. The van der Waals surface area contributed by atoms with E-state index in [1.54, 1.807) is 11.4 Å². The van der Waals surface area contributed by atoms with Crippen molar-refractivity contribution in [1.82, 2.24) is 19.6 Å². The number of nitrogens with one attached hydrogen (secondary N) is 1. The van der Waals surface area contributed by atoms with E-state index in [2.05, 4.69) is 31.0 Å². The molecule has 4 aromatic rings. The zero-order valence-corrected chi connectivity index (χ0v) is 13.3. The molecular formula is C16H11BrN4O. The molecule has 4 rings (SSSR count). The van der Waals surface area contributed by atoms with Gasteiger partial charge in [0, 0.05) is 27.1 Å². The van der Waals surface area contributed by atoms with Crippen LogP contribution < -0.4 is 5.43 Å². The summed E-state index contributed by atoms with van der Waals surface area (Å²) in [5.41, 5.74) is 2.78. The highest BCUT2D eigenvalue weighted by Crippen LogP contribution is 2.20. The number of aromatic nitrogens is 4. The summed E-state index contributed by atoms with van der Waals surface area (Å²) in [6.07, 6.45) is 1.82. The van der Waals surface area contributed by atoms with Gasteiger partial charge in [-0.3, -0.25) is 4.79 Å². The van der Waals surface area contributed by atoms with Gasteiger partial charge in [-0.15, -0.1) is 5.10 Å². The maximum atomic E-state index is 12.5. The van der Waals surface area contributed by atoms with Gasteiger partial charge in [0.25, 0.3) is 0 Å². The summed E-state index contributed by atoms with van der Waals surface area (Å²) in [4.78, 5) is 20.3. The monoisotopic (exact) mass is 354 g/mol. The van der Waals surface area contributed by atoms with E-state index < -0.39 is 0 Å². The Kier molecular flexibility index (Phi) is 2.87. The molecule has 3 aromatic heterocycles. The molecule has 0 atom stereocenters. The summed E-state index contributed by atoms with van der Waals surface area (Å²) in [5, 5.41) is 5.12. The summed E-state index contributed by atoms with van der Waals surface area (Å²) in [6.45, 7) is 1.79. The molecule has 108 valence electrons. The van der Waals surface area contributed by atoms with Gasteiger partial charge in [0.05, 0.1) is 5.69 Å². The number of aromatic amines is 1. The van der Waals surface area contributed by atoms with E-state index in [0.29, 0.717) is 22.5 Å². The van der Waals surface area contributed by atoms with E-state index >= 15 is 0 Å². The topological polar surface area (TPSA) is 63.1 Å². The number of fused-ring (bicyclic) bond motifs is 2. The van der Waals surface area contributed by atoms with E-state index in [9.17, 15) is 4.79 Å². The molecule has 0 saturated heterocycles. The van der Waals surface area contributed by atoms with Gasteiger partial charge in [-0.2, -0.15) is 0 Å². The van der Waals surface area contributed by atoms with Crippen LogP contribution in [0.15, 0.2) is 51.9 Å².